The van der Waals surface area contributed by atoms with Crippen LogP contribution in [0.5, 0.6) is 0 Å². The summed E-state index contributed by atoms with van der Waals surface area (Å²) in [5, 5.41) is 6.75. The minimum atomic E-state index is -0.150. The van der Waals surface area contributed by atoms with Gasteiger partial charge in [-0.3, -0.25) is 9.80 Å². The van der Waals surface area contributed by atoms with Crippen molar-refractivity contribution < 1.29 is 14.3 Å². The fraction of sp³-hybridized carbons (Fsp3) is 0.867. The van der Waals surface area contributed by atoms with Crippen LogP contribution in [0.1, 0.15) is 39.5 Å². The van der Waals surface area contributed by atoms with Crippen molar-refractivity contribution in [2.45, 2.75) is 45.6 Å². The van der Waals surface area contributed by atoms with Crippen LogP contribution < -0.4 is 0 Å². The van der Waals surface area contributed by atoms with Gasteiger partial charge in [-0.25, -0.2) is 0 Å². The highest BCUT2D eigenvalue weighted by molar-refractivity contribution is 5.70. The molecule has 0 unspecified atom stereocenters. The van der Waals surface area contributed by atoms with E-state index in [9.17, 15) is 4.79 Å². The second-order valence-electron chi connectivity index (χ2n) is 5.51. The van der Waals surface area contributed by atoms with Gasteiger partial charge in [0.25, 0.3) is 0 Å². The molecule has 0 aromatic carbocycles. The normalized spacial score (nSPS) is 22.2. The predicted molar refractivity (Wildman–Crippen MR) is 79.7 cm³/mol. The van der Waals surface area contributed by atoms with Gasteiger partial charge in [-0.05, 0) is 31.1 Å². The Kier molecular flexibility index (Phi) is 7.59. The van der Waals surface area contributed by atoms with Crippen LogP contribution in [-0.2, 0) is 14.3 Å². The molecule has 0 N–H and O–H groups in total. The van der Waals surface area contributed by atoms with Gasteiger partial charge in [0.2, 0.25) is 0 Å². The van der Waals surface area contributed by atoms with Crippen LogP contribution >= 0.6 is 0 Å². The number of hydrazone groups is 1. The number of ether oxygens (including phenoxy) is 2. The average Bonchev–Trinajstić information content (AvgIpc) is 2.87. The van der Waals surface area contributed by atoms with Gasteiger partial charge < -0.3 is 9.47 Å². The molecule has 5 nitrogen and oxygen atoms in total. The second kappa shape index (κ2) is 8.95. The van der Waals surface area contributed by atoms with Crippen LogP contribution in [0.25, 0.3) is 0 Å². The van der Waals surface area contributed by atoms with Crippen molar-refractivity contribution in [2.24, 2.45) is 16.9 Å². The highest BCUT2D eigenvalue weighted by atomic mass is 16.5. The number of hydrogen-bond donors (Lipinski definition) is 0. The SMILES string of the molecule is CC[C@@H](/C=N/N1CCC[C@H]1COC)[C@H](C)CC(=O)OC. The fourth-order valence-corrected chi connectivity index (χ4v) is 2.66. The number of carbonyl (C=O) groups is 1. The van der Waals surface area contributed by atoms with E-state index in [0.717, 1.165) is 26.0 Å². The van der Waals surface area contributed by atoms with Gasteiger partial charge in [-0.1, -0.05) is 13.8 Å². The zero-order valence-corrected chi connectivity index (χ0v) is 13.2. The highest BCUT2D eigenvalue weighted by Crippen LogP contribution is 2.21. The van der Waals surface area contributed by atoms with Crippen molar-refractivity contribution in [2.75, 3.05) is 27.4 Å². The van der Waals surface area contributed by atoms with Crippen molar-refractivity contribution in [1.29, 1.82) is 0 Å². The first-order valence-electron chi connectivity index (χ1n) is 7.48. The predicted octanol–water partition coefficient (Wildman–Crippen LogP) is 2.31. The van der Waals surface area contributed by atoms with Crippen LogP contribution in [0.2, 0.25) is 0 Å². The molecule has 1 fully saturated rings. The molecule has 1 rings (SSSR count). The first kappa shape index (κ1) is 17.0. The van der Waals surface area contributed by atoms with E-state index in [-0.39, 0.29) is 11.9 Å². The van der Waals surface area contributed by atoms with Gasteiger partial charge in [0.05, 0.1) is 19.8 Å². The van der Waals surface area contributed by atoms with E-state index in [2.05, 4.69) is 24.0 Å². The molecule has 1 aliphatic heterocycles. The summed E-state index contributed by atoms with van der Waals surface area (Å²) >= 11 is 0. The molecule has 5 heteroatoms. The molecule has 1 heterocycles. The first-order valence-corrected chi connectivity index (χ1v) is 7.48. The molecule has 20 heavy (non-hydrogen) atoms. The van der Waals surface area contributed by atoms with E-state index in [4.69, 9.17) is 9.47 Å². The zero-order valence-electron chi connectivity index (χ0n) is 13.2. The Morgan fingerprint density at radius 2 is 2.25 bits per heavy atom. The Bertz CT molecular complexity index is 320. The van der Waals surface area contributed by atoms with E-state index >= 15 is 0 Å². The van der Waals surface area contributed by atoms with Crippen LogP contribution in [0.4, 0.5) is 0 Å². The van der Waals surface area contributed by atoms with E-state index in [1.54, 1.807) is 7.11 Å². The number of methoxy groups -OCH3 is 2. The van der Waals surface area contributed by atoms with Gasteiger partial charge in [0.15, 0.2) is 0 Å². The fourth-order valence-electron chi connectivity index (χ4n) is 2.66. The standard InChI is InChI=1S/C15H28N2O3/c1-5-13(12(2)9-15(18)20-4)10-16-17-8-6-7-14(17)11-19-3/h10,12-14H,5-9,11H2,1-4H3/b16-10+/t12-,13+,14+/m1/s1. The number of carbonyl (C=O) groups excluding carboxylic acids is 1. The van der Waals surface area contributed by atoms with Crippen molar-refractivity contribution in [3.8, 4) is 0 Å². The lowest BCUT2D eigenvalue weighted by molar-refractivity contribution is -0.141. The minimum absolute atomic E-state index is 0.150. The monoisotopic (exact) mass is 284 g/mol. The third kappa shape index (κ3) is 5.12. The van der Waals surface area contributed by atoms with E-state index in [1.165, 1.54) is 13.5 Å². The van der Waals surface area contributed by atoms with E-state index in [1.807, 2.05) is 6.21 Å². The molecule has 0 amide bonds. The molecule has 0 aromatic heterocycles. The average molecular weight is 284 g/mol. The summed E-state index contributed by atoms with van der Waals surface area (Å²) in [7, 11) is 3.16. The maximum atomic E-state index is 11.3. The molecule has 0 spiro atoms. The second-order valence-corrected chi connectivity index (χ2v) is 5.51. The third-order valence-electron chi connectivity index (χ3n) is 4.03. The molecule has 3 atom stereocenters. The number of hydrogen-bond acceptors (Lipinski definition) is 5. The topological polar surface area (TPSA) is 51.1 Å². The molecule has 1 saturated heterocycles. The van der Waals surface area contributed by atoms with E-state index < -0.39 is 0 Å². The van der Waals surface area contributed by atoms with Gasteiger partial charge in [-0.15, -0.1) is 0 Å². The van der Waals surface area contributed by atoms with Crippen molar-refractivity contribution in [3.63, 3.8) is 0 Å². The highest BCUT2D eigenvalue weighted by Gasteiger charge is 2.23. The summed E-state index contributed by atoms with van der Waals surface area (Å²) < 4.78 is 9.96. The molecular formula is C15H28N2O3. The Labute approximate surface area is 122 Å². The number of nitrogens with zero attached hydrogens (tertiary/aromatic N) is 2. The van der Waals surface area contributed by atoms with Crippen molar-refractivity contribution >= 4 is 12.2 Å². The molecule has 116 valence electrons. The summed E-state index contributed by atoms with van der Waals surface area (Å²) in [4.78, 5) is 11.3. The molecule has 1 aliphatic rings. The lowest BCUT2D eigenvalue weighted by Crippen LogP contribution is -2.29. The number of esters is 1. The van der Waals surface area contributed by atoms with Crippen LogP contribution in [0.15, 0.2) is 5.10 Å². The first-order chi connectivity index (χ1) is 9.62. The van der Waals surface area contributed by atoms with Crippen LogP contribution in [0.3, 0.4) is 0 Å². The van der Waals surface area contributed by atoms with Crippen molar-refractivity contribution in [3.05, 3.63) is 0 Å². The lowest BCUT2D eigenvalue weighted by Gasteiger charge is -2.23. The van der Waals surface area contributed by atoms with Gasteiger partial charge in [-0.2, -0.15) is 5.10 Å². The lowest BCUT2D eigenvalue weighted by atomic mass is 9.90. The quantitative estimate of drug-likeness (QED) is 0.507. The van der Waals surface area contributed by atoms with E-state index in [0.29, 0.717) is 18.4 Å². The Morgan fingerprint density at radius 1 is 1.50 bits per heavy atom. The molecule has 0 aliphatic carbocycles. The maximum absolute atomic E-state index is 11.3. The number of rotatable bonds is 8. The largest absolute Gasteiger partial charge is 0.469 e. The maximum Gasteiger partial charge on any atom is 0.305 e. The van der Waals surface area contributed by atoms with Gasteiger partial charge >= 0.3 is 5.97 Å². The summed E-state index contributed by atoms with van der Waals surface area (Å²) in [6.07, 6.45) is 5.73. The van der Waals surface area contributed by atoms with Gasteiger partial charge in [0.1, 0.15) is 0 Å². The van der Waals surface area contributed by atoms with Crippen LogP contribution in [0, 0.1) is 11.8 Å². The smallest absolute Gasteiger partial charge is 0.305 e. The molecule has 0 saturated carbocycles. The van der Waals surface area contributed by atoms with Crippen molar-refractivity contribution in [1.82, 2.24) is 5.01 Å². The summed E-state index contributed by atoms with van der Waals surface area (Å²) in [5.41, 5.74) is 0. The molecule has 0 radical (unpaired) electrons. The summed E-state index contributed by atoms with van der Waals surface area (Å²) in [5.74, 6) is 0.403. The Balaban J connectivity index is 2.53. The van der Waals surface area contributed by atoms with Crippen LogP contribution in [-0.4, -0.2) is 50.6 Å². The molecule has 0 aromatic rings. The minimum Gasteiger partial charge on any atom is -0.469 e. The summed E-state index contributed by atoms with van der Waals surface area (Å²) in [6, 6.07) is 0.393. The molecule has 0 bridgehead atoms. The third-order valence-corrected chi connectivity index (χ3v) is 4.03. The molecular weight excluding hydrogens is 256 g/mol. The Hall–Kier alpha value is -1.10. The van der Waals surface area contributed by atoms with Gasteiger partial charge in [0, 0.05) is 26.3 Å². The Morgan fingerprint density at radius 3 is 2.85 bits per heavy atom. The zero-order chi connectivity index (χ0) is 15.0. The summed E-state index contributed by atoms with van der Waals surface area (Å²) in [6.45, 7) is 5.92.